The first-order valence-electron chi connectivity index (χ1n) is 5.28. The van der Waals surface area contributed by atoms with Crippen LogP contribution in [-0.4, -0.2) is 17.7 Å². The van der Waals surface area contributed by atoms with Gasteiger partial charge in [0.05, 0.1) is 12.3 Å². The highest BCUT2D eigenvalue weighted by Gasteiger charge is 2.20. The van der Waals surface area contributed by atoms with Gasteiger partial charge in [-0.05, 0) is 37.2 Å². The molecule has 0 saturated heterocycles. The molecule has 2 amide bonds. The van der Waals surface area contributed by atoms with Crippen LogP contribution in [0.25, 0.3) is 0 Å². The van der Waals surface area contributed by atoms with Crippen molar-refractivity contribution in [3.05, 3.63) is 23.5 Å². The molecule has 2 N–H and O–H groups in total. The highest BCUT2D eigenvalue weighted by molar-refractivity contribution is 5.79. The topological polar surface area (TPSA) is 63.4 Å². The Hall–Kier alpha value is -1.29. The Kier molecular flexibility index (Phi) is 3.06. The fourth-order valence-electron chi connectivity index (χ4n) is 2.12. The number of aliphatic hydroxyl groups excluding tert-OH is 1. The molecule has 1 aliphatic heterocycles. The van der Waals surface area contributed by atoms with Crippen LogP contribution in [0.5, 0.6) is 0 Å². The number of allylic oxidation sites excluding steroid dienone is 2. The van der Waals surface area contributed by atoms with Crippen LogP contribution in [0.15, 0.2) is 23.5 Å². The van der Waals surface area contributed by atoms with Crippen molar-refractivity contribution in [1.82, 2.24) is 10.6 Å². The molecule has 1 unspecified atom stereocenters. The monoisotopic (exact) mass is 207 g/mol. The molecule has 0 aromatic rings. The van der Waals surface area contributed by atoms with Crippen molar-refractivity contribution in [3.63, 3.8) is 0 Å². The molecule has 15 heavy (non-hydrogen) atoms. The molecule has 0 aromatic heterocycles. The Morgan fingerprint density at radius 1 is 1.60 bits per heavy atom. The Balaban J connectivity index is 1.86. The molecule has 81 valence electrons. The number of urea groups is 1. The first-order valence-corrected chi connectivity index (χ1v) is 5.28. The van der Waals surface area contributed by atoms with Crippen LogP contribution in [0.3, 0.4) is 0 Å². The van der Waals surface area contributed by atoms with E-state index >= 15 is 0 Å². The van der Waals surface area contributed by atoms with Gasteiger partial charge < -0.3 is 10.4 Å². The van der Waals surface area contributed by atoms with Gasteiger partial charge in [0.1, 0.15) is 0 Å². The third-order valence-electron chi connectivity index (χ3n) is 2.87. The van der Waals surface area contributed by atoms with Crippen molar-refractivity contribution in [2.75, 3.05) is 6.61 Å². The molecule has 2 aliphatic rings. The van der Waals surface area contributed by atoms with E-state index in [9.17, 15) is 4.79 Å². The first-order chi connectivity index (χ1) is 7.28. The maximum absolute atomic E-state index is 10.8. The minimum absolute atomic E-state index is 0.157. The number of nitrogens with one attached hydrogen (secondary N) is 1. The maximum Gasteiger partial charge on any atom is 0.345 e. The van der Waals surface area contributed by atoms with Gasteiger partial charge in [0, 0.05) is 6.20 Å². The highest BCUT2D eigenvalue weighted by Crippen LogP contribution is 2.28. The van der Waals surface area contributed by atoms with Gasteiger partial charge in [0.25, 0.3) is 0 Å². The van der Waals surface area contributed by atoms with Gasteiger partial charge in [0.15, 0.2) is 0 Å². The average Bonchev–Trinajstić information content (AvgIpc) is 2.64. The molecular formula is C11H15N2O2. The number of rotatable bonds is 3. The summed E-state index contributed by atoms with van der Waals surface area (Å²) in [7, 11) is 0. The Morgan fingerprint density at radius 2 is 2.47 bits per heavy atom. The number of carbonyl (C=O) groups is 1. The van der Waals surface area contributed by atoms with Crippen LogP contribution in [0.2, 0.25) is 0 Å². The molecule has 1 radical (unpaired) electrons. The van der Waals surface area contributed by atoms with E-state index in [0.29, 0.717) is 5.92 Å². The molecule has 1 atom stereocenters. The second-order valence-corrected chi connectivity index (χ2v) is 4.07. The Labute approximate surface area is 89.1 Å². The van der Waals surface area contributed by atoms with Crippen molar-refractivity contribution in [1.29, 1.82) is 0 Å². The summed E-state index contributed by atoms with van der Waals surface area (Å²) in [5.41, 5.74) is 1.95. The van der Waals surface area contributed by atoms with E-state index in [4.69, 9.17) is 5.11 Å². The van der Waals surface area contributed by atoms with Gasteiger partial charge in [0.2, 0.25) is 0 Å². The summed E-state index contributed by atoms with van der Waals surface area (Å²) in [5, 5.41) is 15.5. The van der Waals surface area contributed by atoms with Crippen molar-refractivity contribution in [2.45, 2.75) is 25.7 Å². The Morgan fingerprint density at radius 3 is 3.13 bits per heavy atom. The summed E-state index contributed by atoms with van der Waals surface area (Å²) in [6, 6.07) is -0.265. The fraction of sp³-hybridized carbons (Fsp3) is 0.545. The standard InChI is InChI=1S/C11H15N2O2/c14-7-9-3-1-2-8(4-9)5-10-6-12-11(15)13-10/h3,6,8,14H,1-2,4-5,7H2,(H,12,15). The number of carbonyl (C=O) groups excluding carboxylic acids is 1. The van der Waals surface area contributed by atoms with Crippen molar-refractivity contribution < 1.29 is 9.90 Å². The molecule has 0 spiro atoms. The minimum Gasteiger partial charge on any atom is -0.392 e. The molecule has 2 rings (SSSR count). The van der Waals surface area contributed by atoms with E-state index in [1.54, 1.807) is 6.20 Å². The number of amides is 2. The van der Waals surface area contributed by atoms with Gasteiger partial charge in [-0.1, -0.05) is 6.08 Å². The molecule has 1 heterocycles. The minimum atomic E-state index is -0.265. The van der Waals surface area contributed by atoms with E-state index < -0.39 is 0 Å². The lowest BCUT2D eigenvalue weighted by Crippen LogP contribution is -2.17. The van der Waals surface area contributed by atoms with E-state index in [-0.39, 0.29) is 12.6 Å². The predicted molar refractivity (Wildman–Crippen MR) is 55.9 cm³/mol. The zero-order chi connectivity index (χ0) is 10.7. The third kappa shape index (κ3) is 2.59. The molecule has 4 heteroatoms. The smallest absolute Gasteiger partial charge is 0.345 e. The maximum atomic E-state index is 10.8. The van der Waals surface area contributed by atoms with Gasteiger partial charge in [-0.25, -0.2) is 4.79 Å². The van der Waals surface area contributed by atoms with Gasteiger partial charge >= 0.3 is 6.03 Å². The van der Waals surface area contributed by atoms with Gasteiger partial charge in [-0.2, -0.15) is 5.32 Å². The summed E-state index contributed by atoms with van der Waals surface area (Å²) >= 11 is 0. The van der Waals surface area contributed by atoms with E-state index in [1.165, 1.54) is 0 Å². The number of hydrogen-bond acceptors (Lipinski definition) is 2. The highest BCUT2D eigenvalue weighted by atomic mass is 16.3. The Bertz CT molecular complexity index is 321. The zero-order valence-corrected chi connectivity index (χ0v) is 8.57. The second-order valence-electron chi connectivity index (χ2n) is 4.07. The SMILES string of the molecule is O=C1[N]C(CC2CCC=C(CO)C2)=CN1. The number of aliphatic hydroxyl groups is 1. The molecule has 1 aliphatic carbocycles. The van der Waals surface area contributed by atoms with Crippen LogP contribution < -0.4 is 10.6 Å². The summed E-state index contributed by atoms with van der Waals surface area (Å²) < 4.78 is 0. The molecule has 0 aromatic carbocycles. The van der Waals surface area contributed by atoms with Gasteiger partial charge in [-0.3, -0.25) is 0 Å². The molecule has 4 nitrogen and oxygen atoms in total. The quantitative estimate of drug-likeness (QED) is 0.684. The van der Waals surface area contributed by atoms with Crippen LogP contribution in [-0.2, 0) is 0 Å². The van der Waals surface area contributed by atoms with Crippen molar-refractivity contribution >= 4 is 6.03 Å². The normalized spacial score (nSPS) is 25.4. The van der Waals surface area contributed by atoms with Crippen LogP contribution in [0.4, 0.5) is 4.79 Å². The summed E-state index contributed by atoms with van der Waals surface area (Å²) in [5.74, 6) is 0.514. The summed E-state index contributed by atoms with van der Waals surface area (Å²) in [6.07, 6.45) is 7.69. The third-order valence-corrected chi connectivity index (χ3v) is 2.87. The summed E-state index contributed by atoms with van der Waals surface area (Å²) in [4.78, 5) is 10.8. The van der Waals surface area contributed by atoms with Crippen molar-refractivity contribution in [3.8, 4) is 0 Å². The molecule has 0 bridgehead atoms. The van der Waals surface area contributed by atoms with E-state index in [2.05, 4.69) is 16.7 Å². The van der Waals surface area contributed by atoms with E-state index in [0.717, 1.165) is 37.0 Å². The lowest BCUT2D eigenvalue weighted by atomic mass is 9.86. The van der Waals surface area contributed by atoms with Crippen LogP contribution in [0, 0.1) is 5.92 Å². The fourth-order valence-corrected chi connectivity index (χ4v) is 2.12. The van der Waals surface area contributed by atoms with Crippen molar-refractivity contribution in [2.24, 2.45) is 5.92 Å². The average molecular weight is 207 g/mol. The number of nitrogens with zero attached hydrogens (tertiary/aromatic N) is 1. The first kappa shape index (κ1) is 10.2. The second kappa shape index (κ2) is 4.49. The lowest BCUT2D eigenvalue weighted by Gasteiger charge is -2.21. The zero-order valence-electron chi connectivity index (χ0n) is 8.57. The molecule has 0 saturated carbocycles. The molecular weight excluding hydrogens is 192 g/mol. The lowest BCUT2D eigenvalue weighted by molar-refractivity contribution is 0.247. The number of hydrogen-bond donors (Lipinski definition) is 2. The van der Waals surface area contributed by atoms with Crippen LogP contribution in [0.1, 0.15) is 25.7 Å². The van der Waals surface area contributed by atoms with Gasteiger partial charge in [-0.15, -0.1) is 0 Å². The predicted octanol–water partition coefficient (Wildman–Crippen LogP) is 1.26. The van der Waals surface area contributed by atoms with E-state index in [1.807, 2.05) is 0 Å². The van der Waals surface area contributed by atoms with Crippen LogP contribution >= 0.6 is 0 Å². The largest absolute Gasteiger partial charge is 0.392 e. The summed E-state index contributed by atoms with van der Waals surface area (Å²) in [6.45, 7) is 0.157. The molecule has 0 fully saturated rings.